The highest BCUT2D eigenvalue weighted by Crippen LogP contribution is 2.28. The molecule has 0 saturated heterocycles. The Kier molecular flexibility index (Phi) is 3.81. The van der Waals surface area contributed by atoms with Gasteiger partial charge in [-0.05, 0) is 30.3 Å². The van der Waals surface area contributed by atoms with Crippen molar-refractivity contribution in [3.8, 4) is 0 Å². The van der Waals surface area contributed by atoms with Gasteiger partial charge in [-0.2, -0.15) is 0 Å². The number of fused-ring (bicyclic) bond motifs is 1. The third-order valence-corrected chi connectivity index (χ3v) is 4.22. The van der Waals surface area contributed by atoms with Gasteiger partial charge in [0.25, 0.3) is 5.56 Å². The standard InChI is InChI=1S/C14H11ClN4OS/c15-9-5-6-11(16)13(7-9)21-8-19-14(20)10-3-1-2-4-12(10)17-18-19/h1-7H,8,16H2. The van der Waals surface area contributed by atoms with Crippen molar-refractivity contribution in [3.63, 3.8) is 0 Å². The number of thioether (sulfide) groups is 1. The fraction of sp³-hybridized carbons (Fsp3) is 0.0714. The molecule has 106 valence electrons. The van der Waals surface area contributed by atoms with Crippen molar-refractivity contribution in [2.24, 2.45) is 0 Å². The quantitative estimate of drug-likeness (QED) is 0.594. The van der Waals surface area contributed by atoms with E-state index in [2.05, 4.69) is 10.3 Å². The second kappa shape index (κ2) is 5.75. The Morgan fingerprint density at radius 1 is 1.24 bits per heavy atom. The molecule has 5 nitrogen and oxygen atoms in total. The summed E-state index contributed by atoms with van der Waals surface area (Å²) < 4.78 is 1.31. The van der Waals surface area contributed by atoms with E-state index in [9.17, 15) is 4.79 Å². The van der Waals surface area contributed by atoms with E-state index >= 15 is 0 Å². The smallest absolute Gasteiger partial charge is 0.278 e. The van der Waals surface area contributed by atoms with Gasteiger partial charge in [-0.1, -0.05) is 40.7 Å². The number of hydrogen-bond acceptors (Lipinski definition) is 5. The summed E-state index contributed by atoms with van der Waals surface area (Å²) in [6, 6.07) is 12.3. The average molecular weight is 319 g/mol. The molecule has 2 N–H and O–H groups in total. The van der Waals surface area contributed by atoms with Gasteiger partial charge < -0.3 is 5.73 Å². The fourth-order valence-electron chi connectivity index (χ4n) is 1.87. The number of anilines is 1. The first-order chi connectivity index (χ1) is 10.1. The number of nitrogen functional groups attached to an aromatic ring is 1. The molecule has 21 heavy (non-hydrogen) atoms. The van der Waals surface area contributed by atoms with Crippen LogP contribution in [-0.4, -0.2) is 15.0 Å². The van der Waals surface area contributed by atoms with Crippen LogP contribution in [0.1, 0.15) is 0 Å². The third-order valence-electron chi connectivity index (χ3n) is 2.95. The molecule has 1 aromatic heterocycles. The molecule has 0 aliphatic carbocycles. The van der Waals surface area contributed by atoms with E-state index in [0.717, 1.165) is 4.90 Å². The van der Waals surface area contributed by atoms with E-state index in [1.54, 1.807) is 36.4 Å². The molecular formula is C14H11ClN4OS. The zero-order valence-corrected chi connectivity index (χ0v) is 12.4. The van der Waals surface area contributed by atoms with Gasteiger partial charge in [-0.15, -0.1) is 5.10 Å². The maximum absolute atomic E-state index is 12.3. The Morgan fingerprint density at radius 3 is 2.90 bits per heavy atom. The number of halogens is 1. The van der Waals surface area contributed by atoms with Gasteiger partial charge in [0.2, 0.25) is 0 Å². The predicted molar refractivity (Wildman–Crippen MR) is 85.5 cm³/mol. The minimum absolute atomic E-state index is 0.173. The highest BCUT2D eigenvalue weighted by molar-refractivity contribution is 7.98. The minimum Gasteiger partial charge on any atom is -0.398 e. The van der Waals surface area contributed by atoms with Gasteiger partial charge in [-0.3, -0.25) is 4.79 Å². The van der Waals surface area contributed by atoms with Gasteiger partial charge in [0.15, 0.2) is 0 Å². The zero-order valence-electron chi connectivity index (χ0n) is 10.9. The van der Waals surface area contributed by atoms with E-state index in [4.69, 9.17) is 17.3 Å². The van der Waals surface area contributed by atoms with Crippen molar-refractivity contribution < 1.29 is 0 Å². The highest BCUT2D eigenvalue weighted by atomic mass is 35.5. The molecule has 0 bridgehead atoms. The summed E-state index contributed by atoms with van der Waals surface area (Å²) in [6.45, 7) is 0. The van der Waals surface area contributed by atoms with Crippen LogP contribution in [0.4, 0.5) is 5.69 Å². The Hall–Kier alpha value is -2.05. The van der Waals surface area contributed by atoms with Crippen molar-refractivity contribution in [1.29, 1.82) is 0 Å². The maximum Gasteiger partial charge on any atom is 0.278 e. The van der Waals surface area contributed by atoms with E-state index in [1.165, 1.54) is 16.4 Å². The summed E-state index contributed by atoms with van der Waals surface area (Å²) in [4.78, 5) is 13.1. The van der Waals surface area contributed by atoms with Crippen LogP contribution in [0.2, 0.25) is 5.02 Å². The molecule has 3 rings (SSSR count). The lowest BCUT2D eigenvalue weighted by molar-refractivity contribution is 0.645. The van der Waals surface area contributed by atoms with Gasteiger partial charge in [-0.25, -0.2) is 4.68 Å². The van der Waals surface area contributed by atoms with Gasteiger partial charge >= 0.3 is 0 Å². The SMILES string of the molecule is Nc1ccc(Cl)cc1SCn1nnc2ccccc2c1=O. The van der Waals surface area contributed by atoms with Gasteiger partial charge in [0.05, 0.1) is 11.3 Å². The lowest BCUT2D eigenvalue weighted by Crippen LogP contribution is -2.23. The Morgan fingerprint density at radius 2 is 2.05 bits per heavy atom. The van der Waals surface area contributed by atoms with Crippen molar-refractivity contribution >= 4 is 40.0 Å². The van der Waals surface area contributed by atoms with E-state index in [0.29, 0.717) is 27.5 Å². The Labute approximate surface area is 129 Å². The topological polar surface area (TPSA) is 73.8 Å². The molecule has 0 spiro atoms. The number of nitrogens with two attached hydrogens (primary N) is 1. The van der Waals surface area contributed by atoms with Crippen LogP contribution in [0.15, 0.2) is 52.2 Å². The van der Waals surface area contributed by atoms with E-state index in [-0.39, 0.29) is 5.56 Å². The number of hydrogen-bond donors (Lipinski definition) is 1. The molecule has 0 saturated carbocycles. The maximum atomic E-state index is 12.3. The molecule has 0 amide bonds. The summed E-state index contributed by atoms with van der Waals surface area (Å²) in [7, 11) is 0. The van der Waals surface area contributed by atoms with Gasteiger partial charge in [0, 0.05) is 15.6 Å². The summed E-state index contributed by atoms with van der Waals surface area (Å²) in [5, 5.41) is 9.12. The van der Waals surface area contributed by atoms with Gasteiger partial charge in [0.1, 0.15) is 5.52 Å². The van der Waals surface area contributed by atoms with E-state index < -0.39 is 0 Å². The molecule has 0 radical (unpaired) electrons. The third kappa shape index (κ3) is 2.86. The van der Waals surface area contributed by atoms with Crippen LogP contribution in [0.3, 0.4) is 0 Å². The first kappa shape index (κ1) is 13.9. The molecular weight excluding hydrogens is 308 g/mol. The van der Waals surface area contributed by atoms with Crippen molar-refractivity contribution in [1.82, 2.24) is 15.0 Å². The fourth-order valence-corrected chi connectivity index (χ4v) is 2.98. The molecule has 3 aromatic rings. The molecule has 0 aliphatic heterocycles. The molecule has 0 atom stereocenters. The van der Waals surface area contributed by atoms with Crippen LogP contribution < -0.4 is 11.3 Å². The lowest BCUT2D eigenvalue weighted by atomic mass is 10.2. The summed E-state index contributed by atoms with van der Waals surface area (Å²) >= 11 is 7.33. The zero-order chi connectivity index (χ0) is 14.8. The normalized spacial score (nSPS) is 10.9. The number of aromatic nitrogens is 3. The number of nitrogens with zero attached hydrogens (tertiary/aromatic N) is 3. The van der Waals surface area contributed by atoms with Crippen LogP contribution in [-0.2, 0) is 5.88 Å². The molecule has 2 aromatic carbocycles. The van der Waals surface area contributed by atoms with Crippen molar-refractivity contribution in [2.45, 2.75) is 10.8 Å². The second-order valence-electron chi connectivity index (χ2n) is 4.37. The molecule has 0 fully saturated rings. The van der Waals surface area contributed by atoms with Crippen molar-refractivity contribution in [2.75, 3.05) is 5.73 Å². The summed E-state index contributed by atoms with van der Waals surface area (Å²) in [5.41, 5.74) is 6.91. The first-order valence-electron chi connectivity index (χ1n) is 6.15. The molecule has 0 aliphatic rings. The number of benzene rings is 2. The molecule has 0 unspecified atom stereocenters. The molecule has 7 heteroatoms. The monoisotopic (exact) mass is 318 g/mol. The largest absolute Gasteiger partial charge is 0.398 e. The highest BCUT2D eigenvalue weighted by Gasteiger charge is 2.07. The Bertz CT molecular complexity index is 865. The van der Waals surface area contributed by atoms with Crippen LogP contribution >= 0.6 is 23.4 Å². The second-order valence-corrected chi connectivity index (χ2v) is 5.79. The lowest BCUT2D eigenvalue weighted by Gasteiger charge is -2.07. The summed E-state index contributed by atoms with van der Waals surface area (Å²) in [5.74, 6) is 0.321. The van der Waals surface area contributed by atoms with Crippen LogP contribution in [0.5, 0.6) is 0 Å². The van der Waals surface area contributed by atoms with E-state index in [1.807, 2.05) is 6.07 Å². The van der Waals surface area contributed by atoms with Crippen LogP contribution in [0.25, 0.3) is 10.9 Å². The predicted octanol–water partition coefficient (Wildman–Crippen LogP) is 2.78. The van der Waals surface area contributed by atoms with Crippen LogP contribution in [0, 0.1) is 0 Å². The number of rotatable bonds is 3. The first-order valence-corrected chi connectivity index (χ1v) is 7.52. The van der Waals surface area contributed by atoms with Crippen molar-refractivity contribution in [3.05, 3.63) is 57.8 Å². The Balaban J connectivity index is 1.90. The summed E-state index contributed by atoms with van der Waals surface area (Å²) in [6.07, 6.45) is 0. The average Bonchev–Trinajstić information content (AvgIpc) is 2.50. The minimum atomic E-state index is -0.173. The molecule has 1 heterocycles.